The molecule has 2 heterocycles. The third-order valence-electron chi connectivity index (χ3n) is 9.56. The van der Waals surface area contributed by atoms with Crippen LogP contribution < -0.4 is 42.6 Å². The van der Waals surface area contributed by atoms with Gasteiger partial charge in [-0.05, 0) is 70.4 Å². The van der Waals surface area contributed by atoms with Gasteiger partial charge in [-0.15, -0.1) is 0 Å². The number of hydrogen-bond donors (Lipinski definition) is 0. The smallest absolute Gasteiger partial charge is 0.246 e. The van der Waals surface area contributed by atoms with Gasteiger partial charge in [-0.3, -0.25) is 0 Å². The number of fused-ring (bicyclic) bond motifs is 4. The topological polar surface area (TPSA) is 6.48 Å². The van der Waals surface area contributed by atoms with Gasteiger partial charge < -0.3 is 9.80 Å². The Bertz CT molecular complexity index is 1950. The highest BCUT2D eigenvalue weighted by Crippen LogP contribution is 2.37. The Morgan fingerprint density at radius 3 is 0.935 bits per heavy atom. The van der Waals surface area contributed by atoms with E-state index in [2.05, 4.69) is 192 Å². The van der Waals surface area contributed by atoms with Crippen LogP contribution in [0.15, 0.2) is 182 Å². The Morgan fingerprint density at radius 1 is 0.283 bits per heavy atom. The van der Waals surface area contributed by atoms with Crippen molar-refractivity contribution in [1.82, 2.24) is 0 Å². The molecule has 4 heteroatoms. The van der Waals surface area contributed by atoms with Gasteiger partial charge >= 0.3 is 0 Å². The van der Waals surface area contributed by atoms with Crippen LogP contribution in [0.2, 0.25) is 0 Å². The van der Waals surface area contributed by atoms with E-state index < -0.39 is 0 Å². The van der Waals surface area contributed by atoms with Crippen LogP contribution in [-0.4, -0.2) is 13.4 Å². The third-order valence-corrected chi connectivity index (χ3v) is 9.56. The van der Waals surface area contributed by atoms with Crippen LogP contribution in [0.4, 0.5) is 34.1 Å². The molecule has 7 aromatic carbocycles. The number of nitrogens with zero attached hydrogens (tertiary/aromatic N) is 2. The van der Waals surface area contributed by atoms with E-state index in [-0.39, 0.29) is 13.4 Å². The minimum Gasteiger partial charge on any atom is -0.312 e. The van der Waals surface area contributed by atoms with Crippen LogP contribution in [0, 0.1) is 0 Å². The molecule has 0 radical (unpaired) electrons. The average Bonchev–Trinajstić information content (AvgIpc) is 3.13. The van der Waals surface area contributed by atoms with Crippen molar-refractivity contribution in [1.29, 1.82) is 0 Å². The number of hydrogen-bond acceptors (Lipinski definition) is 2. The van der Waals surface area contributed by atoms with Crippen LogP contribution in [0.5, 0.6) is 0 Å². The number of rotatable bonds is 4. The van der Waals surface area contributed by atoms with Gasteiger partial charge in [0, 0.05) is 34.1 Å². The molecule has 214 valence electrons. The van der Waals surface area contributed by atoms with Crippen molar-refractivity contribution in [2.75, 3.05) is 9.80 Å². The van der Waals surface area contributed by atoms with Crippen molar-refractivity contribution in [2.45, 2.75) is 0 Å². The summed E-state index contributed by atoms with van der Waals surface area (Å²) in [5.41, 5.74) is 15.2. The van der Waals surface area contributed by atoms with E-state index in [9.17, 15) is 0 Å². The van der Waals surface area contributed by atoms with E-state index in [0.717, 1.165) is 0 Å². The Morgan fingerprint density at radius 2 is 0.587 bits per heavy atom. The Kier molecular flexibility index (Phi) is 6.38. The summed E-state index contributed by atoms with van der Waals surface area (Å²) in [6, 6.07) is 66.4. The molecular formula is C42H30B2N2. The van der Waals surface area contributed by atoms with Gasteiger partial charge in [0.25, 0.3) is 0 Å². The van der Waals surface area contributed by atoms with Crippen molar-refractivity contribution in [3.8, 4) is 0 Å². The van der Waals surface area contributed by atoms with E-state index in [0.29, 0.717) is 0 Å². The molecule has 0 fully saturated rings. The monoisotopic (exact) mass is 584 g/mol. The summed E-state index contributed by atoms with van der Waals surface area (Å²) in [4.78, 5) is 4.83. The Labute approximate surface area is 271 Å². The zero-order valence-corrected chi connectivity index (χ0v) is 25.4. The fraction of sp³-hybridized carbons (Fsp3) is 0. The Balaban J connectivity index is 1.22. The molecule has 46 heavy (non-hydrogen) atoms. The van der Waals surface area contributed by atoms with E-state index in [1.807, 2.05) is 0 Å². The number of benzene rings is 7. The second-order valence-electron chi connectivity index (χ2n) is 12.1. The minimum atomic E-state index is 0.113. The standard InChI is InChI=1S/C42H30B2N2/c1-3-18-33(19-4-1)45-39-26-11-7-22-35(39)43(36-23-8-12-27-40(36)45)31-16-15-17-32(30-31)44-37-24-9-13-28-41(37)46(34-20-5-2-6-21-34)42-29-14-10-25-38(42)44/h1-30H. The van der Waals surface area contributed by atoms with Crippen molar-refractivity contribution in [3.05, 3.63) is 182 Å². The van der Waals surface area contributed by atoms with Gasteiger partial charge in [0.1, 0.15) is 0 Å². The van der Waals surface area contributed by atoms with Gasteiger partial charge in [-0.25, -0.2) is 0 Å². The number of para-hydroxylation sites is 6. The summed E-state index contributed by atoms with van der Waals surface area (Å²) in [6.45, 7) is 0.226. The highest BCUT2D eigenvalue weighted by molar-refractivity contribution is 7.00. The molecule has 0 saturated carbocycles. The molecule has 0 aromatic heterocycles. The number of anilines is 6. The van der Waals surface area contributed by atoms with Gasteiger partial charge in [0.2, 0.25) is 13.4 Å². The molecule has 0 atom stereocenters. The van der Waals surface area contributed by atoms with Crippen LogP contribution in [-0.2, 0) is 0 Å². The fourth-order valence-electron chi connectivity index (χ4n) is 7.68. The van der Waals surface area contributed by atoms with Crippen molar-refractivity contribution >= 4 is 80.3 Å². The fourth-order valence-corrected chi connectivity index (χ4v) is 7.68. The molecule has 2 aliphatic rings. The lowest BCUT2D eigenvalue weighted by molar-refractivity contribution is 1.29. The third kappa shape index (κ3) is 4.22. The normalized spacial score (nSPS) is 13.0. The summed E-state index contributed by atoms with van der Waals surface area (Å²) in [5.74, 6) is 0. The lowest BCUT2D eigenvalue weighted by Gasteiger charge is -2.38. The summed E-state index contributed by atoms with van der Waals surface area (Å²) in [6.07, 6.45) is 0. The molecule has 0 spiro atoms. The van der Waals surface area contributed by atoms with Crippen molar-refractivity contribution in [3.63, 3.8) is 0 Å². The van der Waals surface area contributed by atoms with Crippen LogP contribution >= 0.6 is 0 Å². The second kappa shape index (κ2) is 11.0. The summed E-state index contributed by atoms with van der Waals surface area (Å²) >= 11 is 0. The molecule has 0 unspecified atom stereocenters. The van der Waals surface area contributed by atoms with Crippen LogP contribution in [0.1, 0.15) is 0 Å². The molecule has 0 N–H and O–H groups in total. The zero-order chi connectivity index (χ0) is 30.5. The van der Waals surface area contributed by atoms with Gasteiger partial charge in [0.05, 0.1) is 0 Å². The zero-order valence-electron chi connectivity index (χ0n) is 25.4. The molecule has 0 amide bonds. The maximum absolute atomic E-state index is 2.47. The van der Waals surface area contributed by atoms with E-state index >= 15 is 0 Å². The first-order valence-electron chi connectivity index (χ1n) is 16.0. The van der Waals surface area contributed by atoms with Crippen LogP contribution in [0.3, 0.4) is 0 Å². The lowest BCUT2D eigenvalue weighted by atomic mass is 9.32. The highest BCUT2D eigenvalue weighted by Gasteiger charge is 2.37. The SMILES string of the molecule is c1ccc(N2c3ccccc3B(c3cccc(B4c5ccccc5N(c5ccccc5)c5ccccc54)c3)c3ccccc32)cc1. The van der Waals surface area contributed by atoms with E-state index in [1.165, 1.54) is 66.9 Å². The summed E-state index contributed by atoms with van der Waals surface area (Å²) in [5, 5.41) is 0. The van der Waals surface area contributed by atoms with Crippen molar-refractivity contribution in [2.24, 2.45) is 0 Å². The van der Waals surface area contributed by atoms with Gasteiger partial charge in [0.15, 0.2) is 0 Å². The quantitative estimate of drug-likeness (QED) is 0.225. The molecule has 9 rings (SSSR count). The average molecular weight is 584 g/mol. The van der Waals surface area contributed by atoms with Crippen LogP contribution in [0.25, 0.3) is 0 Å². The molecular weight excluding hydrogens is 554 g/mol. The molecule has 0 aliphatic carbocycles. The molecule has 0 bridgehead atoms. The largest absolute Gasteiger partial charge is 0.312 e. The van der Waals surface area contributed by atoms with E-state index in [1.54, 1.807) is 0 Å². The first kappa shape index (κ1) is 26.7. The predicted octanol–water partition coefficient (Wildman–Crippen LogP) is 6.29. The minimum absolute atomic E-state index is 0.113. The van der Waals surface area contributed by atoms with E-state index in [4.69, 9.17) is 0 Å². The molecule has 0 saturated heterocycles. The molecule has 2 nitrogen and oxygen atoms in total. The maximum atomic E-state index is 2.47. The summed E-state index contributed by atoms with van der Waals surface area (Å²) in [7, 11) is 0. The Hall–Kier alpha value is -5.73. The second-order valence-corrected chi connectivity index (χ2v) is 12.1. The predicted molar refractivity (Wildman–Crippen MR) is 198 cm³/mol. The van der Waals surface area contributed by atoms with Gasteiger partial charge in [-0.1, -0.05) is 144 Å². The van der Waals surface area contributed by atoms with Gasteiger partial charge in [-0.2, -0.15) is 0 Å². The first-order valence-corrected chi connectivity index (χ1v) is 16.0. The maximum Gasteiger partial charge on any atom is 0.246 e. The lowest BCUT2D eigenvalue weighted by Crippen LogP contribution is -2.60. The molecule has 7 aromatic rings. The van der Waals surface area contributed by atoms with Crippen molar-refractivity contribution < 1.29 is 0 Å². The highest BCUT2D eigenvalue weighted by atomic mass is 15.2. The summed E-state index contributed by atoms with van der Waals surface area (Å²) < 4.78 is 0. The molecule has 2 aliphatic heterocycles. The first-order chi connectivity index (χ1) is 22.9.